The van der Waals surface area contributed by atoms with E-state index in [1.54, 1.807) is 24.3 Å². The van der Waals surface area contributed by atoms with Crippen LogP contribution in [0.1, 0.15) is 81.2 Å². The van der Waals surface area contributed by atoms with Gasteiger partial charge < -0.3 is 25.0 Å². The lowest BCUT2D eigenvalue weighted by atomic mass is 9.84. The van der Waals surface area contributed by atoms with Crippen molar-refractivity contribution in [2.75, 3.05) is 14.2 Å². The first kappa shape index (κ1) is 40.2. The van der Waals surface area contributed by atoms with Gasteiger partial charge in [-0.2, -0.15) is 5.10 Å². The number of aromatic nitrogens is 2. The number of hydrogen-bond acceptors (Lipinski definition) is 11. The first-order valence-electron chi connectivity index (χ1n) is 20.2. The van der Waals surface area contributed by atoms with Crippen molar-refractivity contribution in [1.82, 2.24) is 15.1 Å². The van der Waals surface area contributed by atoms with E-state index in [1.807, 2.05) is 37.6 Å². The Morgan fingerprint density at radius 2 is 1.53 bits per heavy atom. The second-order valence-corrected chi connectivity index (χ2v) is 16.0. The Labute approximate surface area is 348 Å². The summed E-state index contributed by atoms with van der Waals surface area (Å²) in [5, 5.41) is 29.9. The van der Waals surface area contributed by atoms with E-state index < -0.39 is 17.9 Å². The number of carbonyl (C=O) groups is 3. The van der Waals surface area contributed by atoms with Crippen molar-refractivity contribution in [3.63, 3.8) is 0 Å². The third-order valence-electron chi connectivity index (χ3n) is 12.8. The molecule has 3 atom stereocenters. The number of nitrogens with one attached hydrogen (secondary N) is 1. The van der Waals surface area contributed by atoms with Gasteiger partial charge in [0.15, 0.2) is 0 Å². The van der Waals surface area contributed by atoms with Crippen LogP contribution in [0.2, 0.25) is 0 Å². The van der Waals surface area contributed by atoms with Crippen molar-refractivity contribution >= 4 is 35.0 Å². The molecule has 13 heteroatoms. The molecule has 3 N–H and O–H groups in total. The maximum atomic E-state index is 13.6. The predicted octanol–water partition coefficient (Wildman–Crippen LogP) is 7.75. The molecule has 308 valence electrons. The lowest BCUT2D eigenvalue weighted by molar-refractivity contribution is -0.143. The number of esters is 2. The number of rotatable bonds is 9. The van der Waals surface area contributed by atoms with Gasteiger partial charge in [0.25, 0.3) is 0 Å². The summed E-state index contributed by atoms with van der Waals surface area (Å²) in [6.07, 6.45) is 7.86. The Bertz CT molecular complexity index is 2690. The van der Waals surface area contributed by atoms with E-state index in [0.29, 0.717) is 41.1 Å². The molecule has 1 saturated heterocycles. The second-order valence-electron chi connectivity index (χ2n) is 16.0. The maximum Gasteiger partial charge on any atom is 0.335 e. The smallest absolute Gasteiger partial charge is 0.335 e. The molecule has 6 aliphatic rings. The molecule has 0 radical (unpaired) electrons. The highest BCUT2D eigenvalue weighted by atomic mass is 16.5. The Morgan fingerprint density at radius 1 is 0.867 bits per heavy atom. The number of aryl methyl sites for hydroxylation is 1. The first-order chi connectivity index (χ1) is 28.7. The van der Waals surface area contributed by atoms with Gasteiger partial charge in [-0.05, 0) is 118 Å². The van der Waals surface area contributed by atoms with Crippen LogP contribution in [0.4, 0.5) is 0 Å². The molecule has 0 spiro atoms. The molecule has 0 saturated carbocycles. The molecule has 60 heavy (non-hydrogen) atoms. The molecule has 1 aromatic carbocycles. The zero-order valence-electron chi connectivity index (χ0n) is 35.3. The number of carboxylic acid groups (broad SMARTS) is 1. The van der Waals surface area contributed by atoms with Crippen LogP contribution in [0, 0.1) is 31.6 Å². The van der Waals surface area contributed by atoms with Crippen molar-refractivity contribution in [2.24, 2.45) is 32.7 Å². The fourth-order valence-corrected chi connectivity index (χ4v) is 9.25. The summed E-state index contributed by atoms with van der Waals surface area (Å²) in [4.78, 5) is 53.3. The predicted molar refractivity (Wildman–Crippen MR) is 228 cm³/mol. The Hall–Kier alpha value is -6.63. The molecule has 8 bridgehead atoms. The van der Waals surface area contributed by atoms with Crippen molar-refractivity contribution in [1.29, 1.82) is 0 Å². The normalized spacial score (nSPS) is 21.9. The van der Waals surface area contributed by atoms with Gasteiger partial charge >= 0.3 is 17.9 Å². The van der Waals surface area contributed by atoms with E-state index in [0.717, 1.165) is 85.4 Å². The zero-order valence-corrected chi connectivity index (χ0v) is 35.3. The van der Waals surface area contributed by atoms with Crippen LogP contribution in [0.3, 0.4) is 0 Å². The summed E-state index contributed by atoms with van der Waals surface area (Å²) in [5.41, 5.74) is 15.4. The minimum absolute atomic E-state index is 0.117. The Balaban J connectivity index is 1.32. The van der Waals surface area contributed by atoms with Gasteiger partial charge in [-0.1, -0.05) is 13.8 Å². The highest BCUT2D eigenvalue weighted by Gasteiger charge is 2.49. The van der Waals surface area contributed by atoms with Crippen LogP contribution in [0.25, 0.3) is 5.69 Å². The number of methoxy groups -OCH3 is 2. The van der Waals surface area contributed by atoms with Crippen LogP contribution in [-0.4, -0.2) is 69.3 Å². The van der Waals surface area contributed by atoms with E-state index >= 15 is 0 Å². The third kappa shape index (κ3) is 6.43. The van der Waals surface area contributed by atoms with Gasteiger partial charge in [-0.15, -0.1) is 0 Å². The number of benzene rings is 1. The molecule has 0 amide bonds. The molecule has 8 rings (SSSR count). The SMILES string of the molecule is CCC1=C(C)C2=NC1=CC1=C(C)C3=C(O)[C@H](C(=O)OC)C(=C4NC(=CC5=NC(=C2)C(Cc2c(C)nn(-c6ccc(C(=O)O)cc6)c2C)=C5C)[C@@H](C)[C@@H]4CCC(=O)OC)C3=N1. The van der Waals surface area contributed by atoms with Gasteiger partial charge in [0.1, 0.15) is 11.7 Å². The fourth-order valence-electron chi connectivity index (χ4n) is 9.25. The zero-order chi connectivity index (χ0) is 42.9. The molecule has 1 aromatic heterocycles. The highest BCUT2D eigenvalue weighted by Crippen LogP contribution is 2.49. The van der Waals surface area contributed by atoms with Gasteiger partial charge in [-0.3, -0.25) is 9.59 Å². The van der Waals surface area contributed by atoms with E-state index in [9.17, 15) is 24.6 Å². The van der Waals surface area contributed by atoms with E-state index in [-0.39, 0.29) is 35.5 Å². The monoisotopic (exact) mass is 808 g/mol. The molecule has 5 aliphatic heterocycles. The molecule has 0 unspecified atom stereocenters. The number of carbonyl (C=O) groups excluding carboxylic acids is 2. The Morgan fingerprint density at radius 3 is 2.18 bits per heavy atom. The number of nitrogens with zero attached hydrogens (tertiary/aromatic N) is 5. The molecule has 13 nitrogen and oxygen atoms in total. The molecule has 6 heterocycles. The summed E-state index contributed by atoms with van der Waals surface area (Å²) in [6.45, 7) is 14.2. The van der Waals surface area contributed by atoms with Crippen molar-refractivity contribution in [3.05, 3.63) is 138 Å². The average molecular weight is 809 g/mol. The molecular formula is C47H48N6O7. The summed E-state index contributed by atoms with van der Waals surface area (Å²) >= 11 is 0. The van der Waals surface area contributed by atoms with Gasteiger partial charge in [0.2, 0.25) is 0 Å². The minimum atomic E-state index is -1.11. The number of aliphatic imine (C=N–C) groups is 3. The van der Waals surface area contributed by atoms with E-state index in [4.69, 9.17) is 29.5 Å². The lowest BCUT2D eigenvalue weighted by Crippen LogP contribution is -2.25. The number of aromatic carboxylic acids is 1. The quantitative estimate of drug-likeness (QED) is 0.214. The topological polar surface area (TPSA) is 177 Å². The first-order valence-corrected chi connectivity index (χ1v) is 20.2. The summed E-state index contributed by atoms with van der Waals surface area (Å²) in [6, 6.07) is 6.68. The summed E-state index contributed by atoms with van der Waals surface area (Å²) < 4.78 is 12.2. The maximum absolute atomic E-state index is 13.6. The standard InChI is InChI=1S/C47H48N6O7/c1-10-29-21(2)34-19-38-31(17-32-25(6)52-53(26(32)7)28-13-11-27(12-14-28)46(56)57)23(4)33(49-38)18-35-22(3)30(15-16-39(54)59-8)43(50-35)41-42(47(58)60-9)45(55)40-24(5)36(51-44(40)41)20-37(29)48-34/h11-14,18-20,22,30,42,50,55H,10,15-17H2,1-9H3,(H,56,57)/t22-,30-,42+/m0/s1. The number of fused-ring (bicyclic) bond motifs is 5. The second kappa shape index (κ2) is 15.2. The van der Waals surface area contributed by atoms with E-state index in [1.165, 1.54) is 14.2 Å². The summed E-state index contributed by atoms with van der Waals surface area (Å²) in [5.74, 6) is -3.60. The number of aliphatic hydroxyl groups is 1. The highest BCUT2D eigenvalue weighted by molar-refractivity contribution is 6.24. The minimum Gasteiger partial charge on any atom is -0.510 e. The van der Waals surface area contributed by atoms with Crippen LogP contribution in [0.5, 0.6) is 0 Å². The third-order valence-corrected chi connectivity index (χ3v) is 12.8. The van der Waals surface area contributed by atoms with Crippen LogP contribution >= 0.6 is 0 Å². The lowest BCUT2D eigenvalue weighted by Gasteiger charge is -2.20. The van der Waals surface area contributed by atoms with Gasteiger partial charge in [0.05, 0.1) is 65.4 Å². The Kier molecular flexibility index (Phi) is 10.2. The van der Waals surface area contributed by atoms with Crippen molar-refractivity contribution in [3.8, 4) is 5.69 Å². The fraction of sp³-hybridized carbons (Fsp3) is 0.340. The van der Waals surface area contributed by atoms with Crippen molar-refractivity contribution < 1.29 is 34.1 Å². The van der Waals surface area contributed by atoms with Crippen LogP contribution in [-0.2, 0) is 25.5 Å². The number of aliphatic hydroxyl groups excluding tert-OH is 1. The van der Waals surface area contributed by atoms with Gasteiger partial charge in [0, 0.05) is 58.5 Å². The van der Waals surface area contributed by atoms with E-state index in [2.05, 4.69) is 39.1 Å². The molecular weight excluding hydrogens is 761 g/mol. The molecule has 1 fully saturated rings. The van der Waals surface area contributed by atoms with Crippen LogP contribution in [0.15, 0.2) is 131 Å². The number of hydrogen-bond donors (Lipinski definition) is 3. The van der Waals surface area contributed by atoms with Crippen LogP contribution < -0.4 is 5.32 Å². The molecule has 1 aliphatic carbocycles. The van der Waals surface area contributed by atoms with Gasteiger partial charge in [-0.25, -0.2) is 24.5 Å². The largest absolute Gasteiger partial charge is 0.510 e. The van der Waals surface area contributed by atoms with Crippen molar-refractivity contribution in [2.45, 2.75) is 74.1 Å². The summed E-state index contributed by atoms with van der Waals surface area (Å²) in [7, 11) is 2.67. The number of ether oxygens (including phenoxy) is 2. The molecule has 2 aromatic rings. The number of carboxylic acids is 1. The average Bonchev–Trinajstić information content (AvgIpc) is 4.02. The number of allylic oxidation sites excluding steroid dienone is 11.